The van der Waals surface area contributed by atoms with Crippen LogP contribution in [0, 0.1) is 0 Å². The van der Waals surface area contributed by atoms with E-state index < -0.39 is 0 Å². The van der Waals surface area contributed by atoms with Crippen LogP contribution >= 0.6 is 0 Å². The van der Waals surface area contributed by atoms with Gasteiger partial charge in [0.15, 0.2) is 0 Å². The van der Waals surface area contributed by atoms with E-state index >= 15 is 0 Å². The lowest BCUT2D eigenvalue weighted by Gasteiger charge is -2.02. The Morgan fingerprint density at radius 3 is 2.73 bits per heavy atom. The van der Waals surface area contributed by atoms with Crippen molar-refractivity contribution in [3.05, 3.63) is 29.9 Å². The Hall–Kier alpha value is -2.04. The maximum atomic E-state index is 11.3. The topological polar surface area (TPSA) is 67.2 Å². The monoisotopic (exact) mass is 204 g/mol. The van der Waals surface area contributed by atoms with E-state index in [0.29, 0.717) is 17.1 Å². The number of amides is 1. The predicted molar refractivity (Wildman–Crippen MR) is 58.6 cm³/mol. The first-order valence-electron chi connectivity index (χ1n) is 4.40. The summed E-state index contributed by atoms with van der Waals surface area (Å²) in [6, 6.07) is 1.57. The van der Waals surface area contributed by atoms with Gasteiger partial charge in [0.1, 0.15) is 12.0 Å². The molecule has 0 fully saturated rings. The number of nitrogens with one attached hydrogen (secondary N) is 1. The van der Waals surface area contributed by atoms with E-state index in [2.05, 4.69) is 27.0 Å². The largest absolute Gasteiger partial charge is 0.354 e. The number of nitrogens with zero attached hydrogens (tertiary/aromatic N) is 3. The van der Waals surface area contributed by atoms with E-state index in [1.54, 1.807) is 19.2 Å². The van der Waals surface area contributed by atoms with Crippen molar-refractivity contribution in [3.8, 4) is 0 Å². The highest BCUT2D eigenvalue weighted by Crippen LogP contribution is 2.12. The number of carbonyl (C=O) groups is 1. The molecule has 1 aromatic heterocycles. The first kappa shape index (κ1) is 11.0. The van der Waals surface area contributed by atoms with Crippen LogP contribution in [0.3, 0.4) is 0 Å². The zero-order valence-corrected chi connectivity index (χ0v) is 8.69. The zero-order chi connectivity index (χ0) is 11.3. The second-order valence-corrected chi connectivity index (χ2v) is 2.70. The summed E-state index contributed by atoms with van der Waals surface area (Å²) in [5.74, 6) is -0.252. The first-order valence-corrected chi connectivity index (χ1v) is 4.40. The van der Waals surface area contributed by atoms with Gasteiger partial charge >= 0.3 is 0 Å². The molecule has 0 saturated carbocycles. The fraction of sp³-hybridized carbons (Fsp3) is 0.200. The Labute approximate surface area is 88.0 Å². The molecule has 0 saturated heterocycles. The van der Waals surface area contributed by atoms with E-state index in [9.17, 15) is 4.79 Å². The SMILES string of the molecule is C=N/C(=C\C)c1cc(C(=O)NC)ncn1. The van der Waals surface area contributed by atoms with Crippen LogP contribution in [-0.4, -0.2) is 29.6 Å². The molecule has 78 valence electrons. The standard InChI is InChI=1S/C10H12N4O/c1-4-7(11-2)8-5-9(10(15)12-3)14-6-13-8/h4-6H,2H2,1,3H3,(H,12,15)/b7-4-. The number of carbonyl (C=O) groups excluding carboxylic acids is 1. The molecule has 0 spiro atoms. The molecule has 0 unspecified atom stereocenters. The highest BCUT2D eigenvalue weighted by Gasteiger charge is 2.07. The zero-order valence-electron chi connectivity index (χ0n) is 8.69. The summed E-state index contributed by atoms with van der Waals surface area (Å²) in [6.45, 7) is 5.25. The summed E-state index contributed by atoms with van der Waals surface area (Å²) in [5, 5.41) is 2.49. The van der Waals surface area contributed by atoms with E-state index in [1.807, 2.05) is 6.92 Å². The number of rotatable bonds is 3. The molecule has 0 radical (unpaired) electrons. The van der Waals surface area contributed by atoms with Crippen LogP contribution < -0.4 is 5.32 Å². The van der Waals surface area contributed by atoms with Gasteiger partial charge in [0.2, 0.25) is 0 Å². The summed E-state index contributed by atoms with van der Waals surface area (Å²) >= 11 is 0. The highest BCUT2D eigenvalue weighted by molar-refractivity contribution is 5.92. The Morgan fingerprint density at radius 1 is 1.53 bits per heavy atom. The van der Waals surface area contributed by atoms with E-state index in [4.69, 9.17) is 0 Å². The number of aliphatic imine (C=N–C) groups is 1. The van der Waals surface area contributed by atoms with Crippen molar-refractivity contribution in [1.82, 2.24) is 15.3 Å². The second kappa shape index (κ2) is 4.99. The molecule has 1 heterocycles. The fourth-order valence-corrected chi connectivity index (χ4v) is 1.07. The minimum atomic E-state index is -0.252. The Morgan fingerprint density at radius 2 is 2.20 bits per heavy atom. The van der Waals surface area contributed by atoms with Gasteiger partial charge in [-0.1, -0.05) is 6.08 Å². The van der Waals surface area contributed by atoms with Crippen LogP contribution in [0.4, 0.5) is 0 Å². The molecule has 1 rings (SSSR count). The molecule has 5 heteroatoms. The molecule has 0 aliphatic rings. The average molecular weight is 204 g/mol. The van der Waals surface area contributed by atoms with Gasteiger partial charge in [-0.25, -0.2) is 9.97 Å². The lowest BCUT2D eigenvalue weighted by Crippen LogP contribution is -2.19. The van der Waals surface area contributed by atoms with Gasteiger partial charge in [-0.2, -0.15) is 0 Å². The molecule has 0 aliphatic carbocycles. The molecule has 0 bridgehead atoms. The first-order chi connectivity index (χ1) is 7.22. The van der Waals surface area contributed by atoms with Gasteiger partial charge in [-0.3, -0.25) is 9.79 Å². The Balaban J connectivity index is 3.12. The Bertz CT molecular complexity index is 412. The molecule has 1 N–H and O–H groups in total. The lowest BCUT2D eigenvalue weighted by molar-refractivity contribution is 0.0958. The van der Waals surface area contributed by atoms with Crippen LogP contribution in [0.5, 0.6) is 0 Å². The smallest absolute Gasteiger partial charge is 0.269 e. The molecular formula is C10H12N4O. The van der Waals surface area contributed by atoms with Gasteiger partial charge in [-0.05, 0) is 19.7 Å². The molecule has 1 amide bonds. The van der Waals surface area contributed by atoms with E-state index in [1.165, 1.54) is 6.33 Å². The maximum Gasteiger partial charge on any atom is 0.269 e. The number of hydrogen-bond acceptors (Lipinski definition) is 4. The summed E-state index contributed by atoms with van der Waals surface area (Å²) in [6.07, 6.45) is 3.09. The van der Waals surface area contributed by atoms with Crippen LogP contribution in [0.25, 0.3) is 5.70 Å². The van der Waals surface area contributed by atoms with Crippen molar-refractivity contribution in [1.29, 1.82) is 0 Å². The summed E-state index contributed by atoms with van der Waals surface area (Å²) in [4.78, 5) is 22.9. The Kier molecular flexibility index (Phi) is 3.68. The predicted octanol–water partition coefficient (Wildman–Crippen LogP) is 0.898. The average Bonchev–Trinajstić information content (AvgIpc) is 2.30. The highest BCUT2D eigenvalue weighted by atomic mass is 16.1. The van der Waals surface area contributed by atoms with Crippen LogP contribution in [0.15, 0.2) is 23.5 Å². The molecule has 0 atom stereocenters. The molecular weight excluding hydrogens is 192 g/mol. The summed E-state index contributed by atoms with van der Waals surface area (Å²) in [7, 11) is 1.55. The van der Waals surface area contributed by atoms with Gasteiger partial charge in [0.05, 0.1) is 11.4 Å². The molecule has 0 aliphatic heterocycles. The van der Waals surface area contributed by atoms with Gasteiger partial charge in [-0.15, -0.1) is 0 Å². The molecule has 1 aromatic rings. The van der Waals surface area contributed by atoms with Crippen LogP contribution in [0.2, 0.25) is 0 Å². The molecule has 15 heavy (non-hydrogen) atoms. The van der Waals surface area contributed by atoms with Crippen LogP contribution in [-0.2, 0) is 0 Å². The van der Waals surface area contributed by atoms with Crippen molar-refractivity contribution >= 4 is 18.3 Å². The molecule has 5 nitrogen and oxygen atoms in total. The van der Waals surface area contributed by atoms with Gasteiger partial charge in [0, 0.05) is 7.05 Å². The second-order valence-electron chi connectivity index (χ2n) is 2.70. The third-order valence-electron chi connectivity index (χ3n) is 1.83. The number of allylic oxidation sites excluding steroid dienone is 1. The lowest BCUT2D eigenvalue weighted by atomic mass is 10.2. The minimum absolute atomic E-state index is 0.252. The summed E-state index contributed by atoms with van der Waals surface area (Å²) in [5.41, 5.74) is 1.52. The third-order valence-corrected chi connectivity index (χ3v) is 1.83. The number of aromatic nitrogens is 2. The van der Waals surface area contributed by atoms with Crippen molar-refractivity contribution < 1.29 is 4.79 Å². The quantitative estimate of drug-likeness (QED) is 0.744. The minimum Gasteiger partial charge on any atom is -0.354 e. The van der Waals surface area contributed by atoms with Gasteiger partial charge < -0.3 is 5.32 Å². The normalized spacial score (nSPS) is 10.9. The van der Waals surface area contributed by atoms with Gasteiger partial charge in [0.25, 0.3) is 5.91 Å². The van der Waals surface area contributed by atoms with Crippen molar-refractivity contribution in [2.45, 2.75) is 6.92 Å². The number of hydrogen-bond donors (Lipinski definition) is 1. The van der Waals surface area contributed by atoms with E-state index in [-0.39, 0.29) is 5.91 Å². The maximum absolute atomic E-state index is 11.3. The fourth-order valence-electron chi connectivity index (χ4n) is 1.07. The van der Waals surface area contributed by atoms with Crippen molar-refractivity contribution in [2.75, 3.05) is 7.05 Å². The molecule has 0 aromatic carbocycles. The summed E-state index contributed by atoms with van der Waals surface area (Å²) < 4.78 is 0. The van der Waals surface area contributed by atoms with Crippen molar-refractivity contribution in [3.63, 3.8) is 0 Å². The van der Waals surface area contributed by atoms with E-state index in [0.717, 1.165) is 0 Å². The van der Waals surface area contributed by atoms with Crippen molar-refractivity contribution in [2.24, 2.45) is 4.99 Å². The van der Waals surface area contributed by atoms with Crippen LogP contribution in [0.1, 0.15) is 23.1 Å². The third kappa shape index (κ3) is 2.46.